The minimum atomic E-state index is -0.353. The topological polar surface area (TPSA) is 51.5 Å². The number of hydrogen-bond donors (Lipinski definition) is 1. The van der Waals surface area contributed by atoms with Gasteiger partial charge in [-0.25, -0.2) is 4.79 Å². The molecule has 0 atom stereocenters. The number of rotatable bonds is 6. The van der Waals surface area contributed by atoms with E-state index in [1.54, 1.807) is 0 Å². The molecule has 1 N–H and O–H groups in total. The van der Waals surface area contributed by atoms with Crippen LogP contribution in [0.15, 0.2) is 40.8 Å². The molecule has 0 saturated carbocycles. The zero-order chi connectivity index (χ0) is 15.2. The first kappa shape index (κ1) is 14.9. The quantitative estimate of drug-likeness (QED) is 0.658. The van der Waals surface area contributed by atoms with Crippen molar-refractivity contribution in [3.05, 3.63) is 59.0 Å². The normalized spacial score (nSPS) is 13.6. The predicted molar refractivity (Wildman–Crippen MR) is 83.8 cm³/mol. The number of aryl methyl sites for hydroxylation is 1. The van der Waals surface area contributed by atoms with Gasteiger partial charge in [0, 0.05) is 0 Å². The van der Waals surface area contributed by atoms with Crippen molar-refractivity contribution in [1.82, 2.24) is 5.32 Å². The molecule has 0 bridgehead atoms. The Balaban J connectivity index is 1.40. The van der Waals surface area contributed by atoms with Crippen molar-refractivity contribution < 1.29 is 13.9 Å². The Morgan fingerprint density at radius 1 is 1.23 bits per heavy atom. The maximum absolute atomic E-state index is 12.0. The number of esters is 1. The van der Waals surface area contributed by atoms with E-state index in [1.807, 2.05) is 24.3 Å². The molecule has 116 valence electrons. The molecule has 0 radical (unpaired) electrons. The lowest BCUT2D eigenvalue weighted by molar-refractivity contribution is 0.0460. The van der Waals surface area contributed by atoms with Crippen LogP contribution >= 0.6 is 0 Å². The van der Waals surface area contributed by atoms with E-state index < -0.39 is 0 Å². The minimum absolute atomic E-state index is 0.330. The van der Waals surface area contributed by atoms with Gasteiger partial charge in [0.15, 0.2) is 0 Å². The Kier molecular flexibility index (Phi) is 4.91. The number of hydrogen-bond acceptors (Lipinski definition) is 4. The lowest BCUT2D eigenvalue weighted by atomic mass is 10.1. The lowest BCUT2D eigenvalue weighted by Gasteiger charge is -2.09. The van der Waals surface area contributed by atoms with Crippen molar-refractivity contribution >= 4 is 5.97 Å². The van der Waals surface area contributed by atoms with Crippen molar-refractivity contribution in [2.24, 2.45) is 0 Å². The second-order valence-electron chi connectivity index (χ2n) is 5.56. The molecule has 1 aliphatic heterocycles. The van der Waals surface area contributed by atoms with E-state index in [1.165, 1.54) is 5.56 Å². The van der Waals surface area contributed by atoms with Crippen LogP contribution in [-0.4, -0.2) is 19.1 Å². The summed E-state index contributed by atoms with van der Waals surface area (Å²) >= 11 is 0. The smallest absolute Gasteiger partial charge is 0.374 e. The van der Waals surface area contributed by atoms with Gasteiger partial charge < -0.3 is 14.5 Å². The number of unbranched alkanes of at least 4 members (excludes halogenated alkanes) is 1. The molecule has 4 nitrogen and oxygen atoms in total. The van der Waals surface area contributed by atoms with Crippen LogP contribution in [0, 0.1) is 0 Å². The van der Waals surface area contributed by atoms with Crippen molar-refractivity contribution in [2.45, 2.75) is 32.2 Å². The lowest BCUT2D eigenvalue weighted by Crippen LogP contribution is -2.22. The SMILES string of the molecule is O=C(OCCCCc1ccccc1)c1cc2c(o1)CNCC2. The van der Waals surface area contributed by atoms with E-state index in [2.05, 4.69) is 17.4 Å². The summed E-state index contributed by atoms with van der Waals surface area (Å²) in [6, 6.07) is 12.2. The van der Waals surface area contributed by atoms with Crippen LogP contribution in [-0.2, 0) is 24.1 Å². The Morgan fingerprint density at radius 2 is 2.09 bits per heavy atom. The van der Waals surface area contributed by atoms with Gasteiger partial charge in [0.05, 0.1) is 13.2 Å². The summed E-state index contributed by atoms with van der Waals surface area (Å²) in [5.74, 6) is 0.841. The molecule has 4 heteroatoms. The number of fused-ring (bicyclic) bond motifs is 1. The third-order valence-corrected chi connectivity index (χ3v) is 3.89. The number of nitrogens with one attached hydrogen (secondary N) is 1. The standard InChI is InChI=1S/C18H21NO3/c20-18(16-12-15-9-10-19-13-17(15)22-16)21-11-5-4-8-14-6-2-1-3-7-14/h1-3,6-7,12,19H,4-5,8-11,13H2. The zero-order valence-electron chi connectivity index (χ0n) is 12.6. The molecule has 2 aromatic rings. The second kappa shape index (κ2) is 7.27. The van der Waals surface area contributed by atoms with Crippen molar-refractivity contribution in [2.75, 3.05) is 13.2 Å². The molecule has 1 aliphatic rings. The van der Waals surface area contributed by atoms with Gasteiger partial charge in [-0.2, -0.15) is 0 Å². The largest absolute Gasteiger partial charge is 0.460 e. The highest BCUT2D eigenvalue weighted by atomic mass is 16.5. The predicted octanol–water partition coefficient (Wildman–Crippen LogP) is 3.11. The molecule has 0 spiro atoms. The molecule has 0 amide bonds. The van der Waals surface area contributed by atoms with Crippen LogP contribution in [0.4, 0.5) is 0 Å². The van der Waals surface area contributed by atoms with Gasteiger partial charge in [0.1, 0.15) is 5.76 Å². The van der Waals surface area contributed by atoms with E-state index in [-0.39, 0.29) is 5.97 Å². The van der Waals surface area contributed by atoms with Crippen molar-refractivity contribution in [3.8, 4) is 0 Å². The summed E-state index contributed by atoms with van der Waals surface area (Å²) in [6.07, 6.45) is 3.79. The molecule has 22 heavy (non-hydrogen) atoms. The van der Waals surface area contributed by atoms with Crippen LogP contribution in [0.1, 0.15) is 40.3 Å². The fourth-order valence-electron chi connectivity index (χ4n) is 2.67. The third-order valence-electron chi connectivity index (χ3n) is 3.89. The Labute approximate surface area is 130 Å². The maximum atomic E-state index is 12.0. The summed E-state index contributed by atoms with van der Waals surface area (Å²) in [5, 5.41) is 3.22. The third kappa shape index (κ3) is 3.77. The van der Waals surface area contributed by atoms with Gasteiger partial charge in [-0.3, -0.25) is 0 Å². The first-order valence-electron chi connectivity index (χ1n) is 7.86. The molecule has 0 saturated heterocycles. The van der Waals surface area contributed by atoms with E-state index in [0.29, 0.717) is 18.9 Å². The number of benzene rings is 1. The molecule has 0 aliphatic carbocycles. The summed E-state index contributed by atoms with van der Waals surface area (Å²) in [4.78, 5) is 12.0. The van der Waals surface area contributed by atoms with Crippen LogP contribution in [0.2, 0.25) is 0 Å². The highest BCUT2D eigenvalue weighted by Crippen LogP contribution is 2.19. The van der Waals surface area contributed by atoms with Gasteiger partial charge >= 0.3 is 5.97 Å². The first-order chi connectivity index (χ1) is 10.8. The van der Waals surface area contributed by atoms with Gasteiger partial charge in [-0.05, 0) is 49.4 Å². The fraction of sp³-hybridized carbons (Fsp3) is 0.389. The van der Waals surface area contributed by atoms with E-state index in [4.69, 9.17) is 9.15 Å². The Hall–Kier alpha value is -2.07. The molecular formula is C18H21NO3. The van der Waals surface area contributed by atoms with E-state index >= 15 is 0 Å². The Morgan fingerprint density at radius 3 is 2.91 bits per heavy atom. The summed E-state index contributed by atoms with van der Waals surface area (Å²) < 4.78 is 10.8. The van der Waals surface area contributed by atoms with Crippen LogP contribution < -0.4 is 5.32 Å². The second-order valence-corrected chi connectivity index (χ2v) is 5.56. The Bertz CT molecular complexity index is 595. The van der Waals surface area contributed by atoms with Crippen LogP contribution in [0.3, 0.4) is 0 Å². The molecule has 0 unspecified atom stereocenters. The number of carbonyl (C=O) groups is 1. The molecular weight excluding hydrogens is 278 g/mol. The summed E-state index contributed by atoms with van der Waals surface area (Å²) in [6.45, 7) is 2.06. The van der Waals surface area contributed by atoms with Gasteiger partial charge in [-0.15, -0.1) is 0 Å². The van der Waals surface area contributed by atoms with Crippen molar-refractivity contribution in [3.63, 3.8) is 0 Å². The maximum Gasteiger partial charge on any atom is 0.374 e. The number of ether oxygens (including phenoxy) is 1. The van der Waals surface area contributed by atoms with Crippen LogP contribution in [0.25, 0.3) is 0 Å². The highest BCUT2D eigenvalue weighted by molar-refractivity contribution is 5.86. The highest BCUT2D eigenvalue weighted by Gasteiger charge is 2.19. The average molecular weight is 299 g/mol. The first-order valence-corrected chi connectivity index (χ1v) is 7.86. The zero-order valence-corrected chi connectivity index (χ0v) is 12.6. The van der Waals surface area contributed by atoms with Gasteiger partial charge in [0.25, 0.3) is 0 Å². The molecule has 3 rings (SSSR count). The summed E-state index contributed by atoms with van der Waals surface area (Å²) in [7, 11) is 0. The summed E-state index contributed by atoms with van der Waals surface area (Å²) in [5.41, 5.74) is 2.44. The van der Waals surface area contributed by atoms with E-state index in [0.717, 1.165) is 43.6 Å². The van der Waals surface area contributed by atoms with Crippen LogP contribution in [0.5, 0.6) is 0 Å². The molecule has 1 aromatic heterocycles. The molecule has 2 heterocycles. The minimum Gasteiger partial charge on any atom is -0.460 e. The van der Waals surface area contributed by atoms with Gasteiger partial charge in [0.2, 0.25) is 5.76 Å². The van der Waals surface area contributed by atoms with Gasteiger partial charge in [-0.1, -0.05) is 30.3 Å². The fourth-order valence-corrected chi connectivity index (χ4v) is 2.67. The monoisotopic (exact) mass is 299 g/mol. The van der Waals surface area contributed by atoms with Crippen molar-refractivity contribution in [1.29, 1.82) is 0 Å². The van der Waals surface area contributed by atoms with E-state index in [9.17, 15) is 4.79 Å². The average Bonchev–Trinajstić information content (AvgIpc) is 2.99. The number of furan rings is 1. The molecule has 1 aromatic carbocycles. The number of carbonyl (C=O) groups excluding carboxylic acids is 1. The molecule has 0 fully saturated rings.